The number of pyridine rings is 1. The maximum Gasteiger partial charge on any atom is 0.338 e. The van der Waals surface area contributed by atoms with Gasteiger partial charge in [0, 0.05) is 18.0 Å². The zero-order valence-corrected chi connectivity index (χ0v) is 15.6. The van der Waals surface area contributed by atoms with Gasteiger partial charge in [0.15, 0.2) is 0 Å². The molecule has 0 bridgehead atoms. The average molecular weight is 408 g/mol. The van der Waals surface area contributed by atoms with E-state index in [0.717, 1.165) is 6.26 Å². The van der Waals surface area contributed by atoms with Crippen LogP contribution >= 0.6 is 11.6 Å². The number of nitrogens with zero attached hydrogens (tertiary/aromatic N) is 2. The Morgan fingerprint density at radius 3 is 2.78 bits per heavy atom. The fourth-order valence-corrected chi connectivity index (χ4v) is 3.06. The molecule has 0 amide bonds. The summed E-state index contributed by atoms with van der Waals surface area (Å²) in [5.41, 5.74) is 0.699. The molecule has 0 atom stereocenters. The molecule has 0 saturated heterocycles. The van der Waals surface area contributed by atoms with Crippen molar-refractivity contribution in [3.05, 3.63) is 75.3 Å². The van der Waals surface area contributed by atoms with E-state index in [-0.39, 0.29) is 29.1 Å². The van der Waals surface area contributed by atoms with Crippen LogP contribution in [-0.2, 0) is 21.4 Å². The van der Waals surface area contributed by atoms with Gasteiger partial charge in [0.1, 0.15) is 12.3 Å². The summed E-state index contributed by atoms with van der Waals surface area (Å²) in [7, 11) is -3.46. The maximum atomic E-state index is 12.2. The van der Waals surface area contributed by atoms with Crippen LogP contribution in [0, 0.1) is 0 Å². The van der Waals surface area contributed by atoms with Gasteiger partial charge in [-0.15, -0.1) is 0 Å². The molecule has 0 saturated carbocycles. The monoisotopic (exact) mass is 407 g/mol. The second kappa shape index (κ2) is 7.37. The first-order valence-corrected chi connectivity index (χ1v) is 9.91. The van der Waals surface area contributed by atoms with Crippen molar-refractivity contribution in [1.82, 2.24) is 9.38 Å². The lowest BCUT2D eigenvalue weighted by atomic mass is 10.2. The Kier molecular flexibility index (Phi) is 5.15. The van der Waals surface area contributed by atoms with Crippen LogP contribution in [0.2, 0.25) is 5.02 Å². The van der Waals surface area contributed by atoms with Crippen molar-refractivity contribution < 1.29 is 17.9 Å². The van der Waals surface area contributed by atoms with E-state index in [0.29, 0.717) is 10.7 Å². The normalized spacial score (nSPS) is 11.3. The number of sulfonamides is 1. The van der Waals surface area contributed by atoms with Gasteiger partial charge < -0.3 is 4.74 Å². The van der Waals surface area contributed by atoms with E-state index < -0.39 is 16.0 Å². The van der Waals surface area contributed by atoms with Gasteiger partial charge in [-0.3, -0.25) is 13.9 Å². The Hall–Kier alpha value is -2.91. The largest absolute Gasteiger partial charge is 0.456 e. The molecule has 10 heteroatoms. The van der Waals surface area contributed by atoms with Crippen LogP contribution in [0.3, 0.4) is 0 Å². The topological polar surface area (TPSA) is 107 Å². The van der Waals surface area contributed by atoms with E-state index in [9.17, 15) is 18.0 Å². The number of ether oxygens (including phenoxy) is 1. The molecule has 1 N–H and O–H groups in total. The summed E-state index contributed by atoms with van der Waals surface area (Å²) in [4.78, 5) is 28.5. The zero-order valence-electron chi connectivity index (χ0n) is 14.0. The van der Waals surface area contributed by atoms with Crippen LogP contribution in [0.4, 0.5) is 5.69 Å². The first kappa shape index (κ1) is 18.9. The van der Waals surface area contributed by atoms with E-state index >= 15 is 0 Å². The number of aromatic nitrogens is 2. The third kappa shape index (κ3) is 4.83. The summed E-state index contributed by atoms with van der Waals surface area (Å²) in [5.74, 6) is -0.676. The zero-order chi connectivity index (χ0) is 19.6. The van der Waals surface area contributed by atoms with Gasteiger partial charge in [0.2, 0.25) is 10.0 Å². The summed E-state index contributed by atoms with van der Waals surface area (Å²) in [5, 5.41) is 0.396. The molecule has 2 aromatic heterocycles. The molecule has 0 radical (unpaired) electrons. The molecule has 0 unspecified atom stereocenters. The minimum absolute atomic E-state index is 0.160. The van der Waals surface area contributed by atoms with Gasteiger partial charge in [-0.2, -0.15) is 0 Å². The molecule has 27 heavy (non-hydrogen) atoms. The smallest absolute Gasteiger partial charge is 0.338 e. The summed E-state index contributed by atoms with van der Waals surface area (Å²) in [6.45, 7) is -0.211. The summed E-state index contributed by atoms with van der Waals surface area (Å²) < 4.78 is 31.3. The summed E-state index contributed by atoms with van der Waals surface area (Å²) in [6.07, 6.45) is 2.46. The molecule has 0 spiro atoms. The predicted octanol–water partition coefficient (Wildman–Crippen LogP) is 2.08. The molecule has 2 heterocycles. The Morgan fingerprint density at radius 2 is 2.04 bits per heavy atom. The summed E-state index contributed by atoms with van der Waals surface area (Å²) >= 11 is 5.85. The Morgan fingerprint density at radius 1 is 1.26 bits per heavy atom. The lowest BCUT2D eigenvalue weighted by Gasteiger charge is -2.08. The van der Waals surface area contributed by atoms with Crippen molar-refractivity contribution in [1.29, 1.82) is 0 Å². The van der Waals surface area contributed by atoms with E-state index in [1.54, 1.807) is 12.1 Å². The first-order valence-electron chi connectivity index (χ1n) is 7.64. The second-order valence-electron chi connectivity index (χ2n) is 5.69. The predicted molar refractivity (Wildman–Crippen MR) is 101 cm³/mol. The number of hydrogen-bond donors (Lipinski definition) is 1. The van der Waals surface area contributed by atoms with Gasteiger partial charge in [-0.25, -0.2) is 18.2 Å². The third-order valence-corrected chi connectivity index (χ3v) is 4.26. The fourth-order valence-electron chi connectivity index (χ4n) is 2.35. The number of esters is 1. The van der Waals surface area contributed by atoms with Crippen LogP contribution in [0.15, 0.2) is 53.5 Å². The Labute approximate surface area is 159 Å². The molecule has 0 fully saturated rings. The van der Waals surface area contributed by atoms with E-state index in [2.05, 4.69) is 9.71 Å². The number of anilines is 1. The van der Waals surface area contributed by atoms with Crippen LogP contribution < -0.4 is 10.3 Å². The molecule has 3 aromatic rings. The van der Waals surface area contributed by atoms with E-state index in [1.807, 2.05) is 0 Å². The maximum absolute atomic E-state index is 12.2. The molecule has 0 aliphatic heterocycles. The van der Waals surface area contributed by atoms with Crippen molar-refractivity contribution >= 4 is 38.9 Å². The molecule has 8 nitrogen and oxygen atoms in total. The SMILES string of the molecule is CS(=O)(=O)Nc1cccc(C(=O)OCc2cc(=O)n3cc(Cl)ccc3n2)c1. The first-order chi connectivity index (χ1) is 12.7. The minimum atomic E-state index is -3.46. The van der Waals surface area contributed by atoms with Gasteiger partial charge in [-0.1, -0.05) is 17.7 Å². The van der Waals surface area contributed by atoms with Crippen molar-refractivity contribution in [2.45, 2.75) is 6.61 Å². The van der Waals surface area contributed by atoms with Crippen molar-refractivity contribution in [2.75, 3.05) is 11.0 Å². The molecule has 3 rings (SSSR count). The lowest BCUT2D eigenvalue weighted by molar-refractivity contribution is 0.0467. The third-order valence-electron chi connectivity index (χ3n) is 3.43. The number of hydrogen-bond acceptors (Lipinski definition) is 6. The van der Waals surface area contributed by atoms with Gasteiger partial charge in [0.05, 0.1) is 22.5 Å². The molecule has 0 aliphatic carbocycles. The fraction of sp³-hybridized carbons (Fsp3) is 0.118. The van der Waals surface area contributed by atoms with Gasteiger partial charge >= 0.3 is 5.97 Å². The molecular weight excluding hydrogens is 394 g/mol. The highest BCUT2D eigenvalue weighted by atomic mass is 35.5. The molecule has 0 aliphatic rings. The Bertz CT molecular complexity index is 1190. The van der Waals surface area contributed by atoms with Crippen molar-refractivity contribution in [3.8, 4) is 0 Å². The standard InChI is InChI=1S/C17H14ClN3O5S/c1-27(24,25)20-13-4-2-3-11(7-13)17(23)26-10-14-8-16(22)21-9-12(18)5-6-15(21)19-14/h2-9,20H,10H2,1H3. The minimum Gasteiger partial charge on any atom is -0.456 e. The molecule has 1 aromatic carbocycles. The van der Waals surface area contributed by atoms with Crippen LogP contribution in [0.25, 0.3) is 5.65 Å². The van der Waals surface area contributed by atoms with Crippen molar-refractivity contribution in [2.24, 2.45) is 0 Å². The lowest BCUT2D eigenvalue weighted by Crippen LogP contribution is -2.16. The van der Waals surface area contributed by atoms with Crippen molar-refractivity contribution in [3.63, 3.8) is 0 Å². The van der Waals surface area contributed by atoms with Crippen LogP contribution in [0.1, 0.15) is 16.1 Å². The summed E-state index contributed by atoms with van der Waals surface area (Å²) in [6, 6.07) is 10.3. The van der Waals surface area contributed by atoms with Gasteiger partial charge in [-0.05, 0) is 30.3 Å². The van der Waals surface area contributed by atoms with Gasteiger partial charge in [0.25, 0.3) is 5.56 Å². The number of halogens is 1. The van der Waals surface area contributed by atoms with Crippen LogP contribution in [0.5, 0.6) is 0 Å². The number of carbonyl (C=O) groups is 1. The number of rotatable bonds is 5. The average Bonchev–Trinajstić information content (AvgIpc) is 2.59. The number of fused-ring (bicyclic) bond motifs is 1. The highest BCUT2D eigenvalue weighted by Crippen LogP contribution is 2.14. The highest BCUT2D eigenvalue weighted by Gasteiger charge is 2.11. The molecular formula is C17H14ClN3O5S. The number of carbonyl (C=O) groups excluding carboxylic acids is 1. The number of nitrogens with one attached hydrogen (secondary N) is 1. The second-order valence-corrected chi connectivity index (χ2v) is 7.88. The highest BCUT2D eigenvalue weighted by molar-refractivity contribution is 7.92. The van der Waals surface area contributed by atoms with E-state index in [4.69, 9.17) is 16.3 Å². The van der Waals surface area contributed by atoms with E-state index in [1.165, 1.54) is 40.9 Å². The Balaban J connectivity index is 1.76. The quantitative estimate of drug-likeness (QED) is 0.649. The van der Waals surface area contributed by atoms with Crippen LogP contribution in [-0.4, -0.2) is 30.0 Å². The molecule has 140 valence electrons. The number of benzene rings is 1.